The molecule has 1 aliphatic heterocycles. The molecule has 1 aromatic heterocycles. The molecule has 0 saturated heterocycles. The fourth-order valence-corrected chi connectivity index (χ4v) is 6.00. The van der Waals surface area contributed by atoms with Crippen molar-refractivity contribution in [1.82, 2.24) is 9.55 Å². The van der Waals surface area contributed by atoms with E-state index < -0.39 is 6.09 Å². The van der Waals surface area contributed by atoms with Crippen LogP contribution in [-0.4, -0.2) is 39.9 Å². The van der Waals surface area contributed by atoms with Gasteiger partial charge in [0.05, 0.1) is 29.7 Å². The maximum Gasteiger partial charge on any atom is 0.412 e. The lowest BCUT2D eigenvalue weighted by Crippen LogP contribution is -2.41. The first-order valence-electron chi connectivity index (χ1n) is 12.6. The van der Waals surface area contributed by atoms with Crippen LogP contribution in [0.15, 0.2) is 42.5 Å². The molecule has 0 radical (unpaired) electrons. The average Bonchev–Trinajstić information content (AvgIpc) is 3.26. The number of carboxylic acid groups (broad SMARTS) is 1. The highest BCUT2D eigenvalue weighted by Gasteiger charge is 2.34. The fourth-order valence-electron chi connectivity index (χ4n) is 6.00. The van der Waals surface area contributed by atoms with Crippen LogP contribution < -0.4 is 4.90 Å². The van der Waals surface area contributed by atoms with E-state index >= 15 is 0 Å². The first-order chi connectivity index (χ1) is 17.0. The zero-order valence-corrected chi connectivity index (χ0v) is 20.4. The van der Waals surface area contributed by atoms with E-state index in [1.807, 2.05) is 25.1 Å². The smallest absolute Gasteiger partial charge is 0.412 e. The van der Waals surface area contributed by atoms with Gasteiger partial charge >= 0.3 is 12.1 Å². The maximum atomic E-state index is 12.4. The molecule has 5 rings (SSSR count). The molecule has 1 saturated carbocycles. The molecule has 2 heterocycles. The van der Waals surface area contributed by atoms with Crippen molar-refractivity contribution < 1.29 is 19.4 Å². The van der Waals surface area contributed by atoms with Gasteiger partial charge in [-0.25, -0.2) is 9.78 Å². The van der Waals surface area contributed by atoms with Crippen molar-refractivity contribution in [1.29, 1.82) is 0 Å². The number of methoxy groups -OCH3 is 1. The van der Waals surface area contributed by atoms with E-state index in [9.17, 15) is 14.7 Å². The van der Waals surface area contributed by atoms with Crippen molar-refractivity contribution in [3.05, 3.63) is 59.4 Å². The second kappa shape index (κ2) is 9.72. The van der Waals surface area contributed by atoms with Crippen molar-refractivity contribution in [2.24, 2.45) is 5.92 Å². The van der Waals surface area contributed by atoms with Gasteiger partial charge in [-0.05, 0) is 63.1 Å². The lowest BCUT2D eigenvalue weighted by Gasteiger charge is -2.33. The number of carbonyl (C=O) groups is 2. The number of esters is 1. The van der Waals surface area contributed by atoms with Gasteiger partial charge in [-0.2, -0.15) is 0 Å². The molecule has 3 atom stereocenters. The number of anilines is 1. The topological polar surface area (TPSA) is 84.7 Å². The Bertz CT molecular complexity index is 1240. The van der Waals surface area contributed by atoms with Crippen LogP contribution in [0.4, 0.5) is 10.5 Å². The van der Waals surface area contributed by atoms with E-state index in [2.05, 4.69) is 28.8 Å². The molecule has 1 amide bonds. The number of aryl methyl sites for hydroxylation is 3. The molecule has 0 spiro atoms. The molecule has 2 aromatic carbocycles. The van der Waals surface area contributed by atoms with Crippen LogP contribution in [0.5, 0.6) is 0 Å². The summed E-state index contributed by atoms with van der Waals surface area (Å²) in [5.41, 5.74) is 4.98. The minimum atomic E-state index is -0.922. The summed E-state index contributed by atoms with van der Waals surface area (Å²) < 4.78 is 7.42. The molecule has 184 valence electrons. The van der Waals surface area contributed by atoms with Crippen LogP contribution >= 0.6 is 0 Å². The summed E-state index contributed by atoms with van der Waals surface area (Å²) in [5, 5.41) is 9.86. The number of imidazole rings is 1. The van der Waals surface area contributed by atoms with Crippen LogP contribution in [0.3, 0.4) is 0 Å². The zero-order chi connectivity index (χ0) is 24.5. The summed E-state index contributed by atoms with van der Waals surface area (Å²) >= 11 is 0. The van der Waals surface area contributed by atoms with Crippen LogP contribution in [0.1, 0.15) is 62.0 Å². The Hall–Kier alpha value is -3.35. The Morgan fingerprint density at radius 2 is 1.89 bits per heavy atom. The number of fused-ring (bicyclic) bond motifs is 3. The highest BCUT2D eigenvalue weighted by Crippen LogP contribution is 2.40. The van der Waals surface area contributed by atoms with E-state index in [4.69, 9.17) is 9.72 Å². The Balaban J connectivity index is 1.59. The van der Waals surface area contributed by atoms with Crippen molar-refractivity contribution in [3.8, 4) is 0 Å². The molecule has 0 unspecified atom stereocenters. The number of benzene rings is 2. The van der Waals surface area contributed by atoms with Gasteiger partial charge in [-0.15, -0.1) is 0 Å². The lowest BCUT2D eigenvalue weighted by molar-refractivity contribution is -0.147. The largest absolute Gasteiger partial charge is 0.469 e. The fraction of sp³-hybridized carbons (Fsp3) is 0.464. The highest BCUT2D eigenvalue weighted by atomic mass is 16.5. The van der Waals surface area contributed by atoms with Crippen LogP contribution in [-0.2, 0) is 28.8 Å². The quantitative estimate of drug-likeness (QED) is 0.490. The predicted octanol–water partition coefficient (Wildman–Crippen LogP) is 5.54. The predicted molar refractivity (Wildman–Crippen MR) is 135 cm³/mol. The lowest BCUT2D eigenvalue weighted by atomic mass is 9.85. The number of aromatic nitrogens is 2. The molecule has 3 aromatic rings. The Kier molecular flexibility index (Phi) is 6.50. The van der Waals surface area contributed by atoms with Crippen LogP contribution in [0.2, 0.25) is 0 Å². The maximum absolute atomic E-state index is 12.4. The summed E-state index contributed by atoms with van der Waals surface area (Å²) in [7, 11) is 1.46. The number of hydrogen-bond acceptors (Lipinski definition) is 4. The normalized spacial score (nSPS) is 22.1. The van der Waals surface area contributed by atoms with Gasteiger partial charge in [0.15, 0.2) is 0 Å². The zero-order valence-electron chi connectivity index (χ0n) is 20.4. The summed E-state index contributed by atoms with van der Waals surface area (Å²) in [5.74, 6) is 0.779. The van der Waals surface area contributed by atoms with Gasteiger partial charge in [0.2, 0.25) is 0 Å². The molecular weight excluding hydrogens is 442 g/mol. The number of hydrogen-bond donors (Lipinski definition) is 1. The van der Waals surface area contributed by atoms with E-state index in [0.29, 0.717) is 0 Å². The third kappa shape index (κ3) is 4.40. The monoisotopic (exact) mass is 475 g/mol. The first kappa shape index (κ1) is 23.4. The summed E-state index contributed by atoms with van der Waals surface area (Å²) in [6.07, 6.45) is 5.88. The summed E-state index contributed by atoms with van der Waals surface area (Å²) in [6, 6.07) is 14.5. The second-order valence-electron chi connectivity index (χ2n) is 9.90. The summed E-state index contributed by atoms with van der Waals surface area (Å²) in [4.78, 5) is 31.0. The van der Waals surface area contributed by atoms with Gasteiger partial charge in [-0.3, -0.25) is 9.69 Å². The molecule has 1 fully saturated rings. The minimum absolute atomic E-state index is 0.0590. The number of amides is 1. The van der Waals surface area contributed by atoms with Gasteiger partial charge < -0.3 is 14.4 Å². The molecular formula is C28H33N3O4. The number of rotatable bonds is 5. The number of carbonyl (C=O) groups excluding carboxylic acids is 1. The van der Waals surface area contributed by atoms with Gasteiger partial charge in [0.1, 0.15) is 5.82 Å². The molecule has 7 heteroatoms. The van der Waals surface area contributed by atoms with Crippen LogP contribution in [0.25, 0.3) is 11.0 Å². The van der Waals surface area contributed by atoms with E-state index in [1.165, 1.54) is 17.6 Å². The molecule has 0 bridgehead atoms. The SMILES string of the molecule is COC(=O)[C@@H]1CCC[C@@H](n2c(CCc3ccccc3)nc3c4c(ccc32)N(C(=O)O)[C@@H](C)CC4)C1. The average molecular weight is 476 g/mol. The Labute approximate surface area is 205 Å². The minimum Gasteiger partial charge on any atom is -0.469 e. The molecule has 35 heavy (non-hydrogen) atoms. The van der Waals surface area contributed by atoms with E-state index in [-0.39, 0.29) is 24.0 Å². The second-order valence-corrected chi connectivity index (χ2v) is 9.90. The van der Waals surface area contributed by atoms with Crippen molar-refractivity contribution >= 4 is 28.8 Å². The summed E-state index contributed by atoms with van der Waals surface area (Å²) in [6.45, 7) is 1.96. The van der Waals surface area contributed by atoms with E-state index in [0.717, 1.165) is 79.5 Å². The van der Waals surface area contributed by atoms with Gasteiger partial charge in [0.25, 0.3) is 0 Å². The van der Waals surface area contributed by atoms with Crippen LogP contribution in [0, 0.1) is 5.92 Å². The van der Waals surface area contributed by atoms with Crippen molar-refractivity contribution in [2.75, 3.05) is 12.0 Å². The van der Waals surface area contributed by atoms with E-state index in [1.54, 1.807) is 0 Å². The number of ether oxygens (including phenoxy) is 1. The first-order valence-corrected chi connectivity index (χ1v) is 12.6. The molecule has 2 aliphatic rings. The Morgan fingerprint density at radius 1 is 1.09 bits per heavy atom. The molecule has 7 nitrogen and oxygen atoms in total. The Morgan fingerprint density at radius 3 is 2.63 bits per heavy atom. The van der Waals surface area contributed by atoms with Gasteiger partial charge in [-0.1, -0.05) is 36.8 Å². The van der Waals surface area contributed by atoms with Crippen molar-refractivity contribution in [2.45, 2.75) is 70.4 Å². The standard InChI is InChI=1S/C28H33N3O4/c1-18-11-13-22-23(30(18)28(33)34)14-15-24-26(22)29-25(16-12-19-7-4-3-5-8-19)31(24)21-10-6-9-20(17-21)27(32)35-2/h3-5,7-8,14-15,18,20-21H,6,9-13,16-17H2,1-2H3,(H,33,34)/t18-,20+,21+/m0/s1. The number of nitrogens with zero attached hydrogens (tertiary/aromatic N) is 3. The molecule has 1 aliphatic carbocycles. The highest BCUT2D eigenvalue weighted by molar-refractivity contribution is 5.94. The van der Waals surface area contributed by atoms with Gasteiger partial charge in [0, 0.05) is 24.1 Å². The van der Waals surface area contributed by atoms with Crippen molar-refractivity contribution in [3.63, 3.8) is 0 Å². The molecule has 1 N–H and O–H groups in total. The third-order valence-electron chi connectivity index (χ3n) is 7.76. The third-order valence-corrected chi connectivity index (χ3v) is 7.76.